The molecule has 0 saturated carbocycles. The van der Waals surface area contributed by atoms with Crippen LogP contribution >= 0.6 is 0 Å². The van der Waals surface area contributed by atoms with Crippen molar-refractivity contribution in [3.05, 3.63) is 48.0 Å². The number of rotatable bonds is 7. The van der Waals surface area contributed by atoms with Gasteiger partial charge in [0.05, 0.1) is 19.0 Å². The Kier molecular flexibility index (Phi) is 6.16. The Morgan fingerprint density at radius 2 is 2.15 bits per heavy atom. The van der Waals surface area contributed by atoms with E-state index < -0.39 is 12.1 Å². The number of carbonyl (C=O) groups excluding carboxylic acids is 2. The van der Waals surface area contributed by atoms with Gasteiger partial charge in [0.15, 0.2) is 0 Å². The Hall–Kier alpha value is -3.09. The summed E-state index contributed by atoms with van der Waals surface area (Å²) < 4.78 is 11.0. The molecule has 138 valence electrons. The highest BCUT2D eigenvalue weighted by atomic mass is 16.5. The third-order valence-corrected chi connectivity index (χ3v) is 3.90. The lowest BCUT2D eigenvalue weighted by Crippen LogP contribution is -2.30. The fraction of sp³-hybridized carbons (Fsp3) is 0.316. The number of hydrogen-bond acceptors (Lipinski definition) is 5. The smallest absolute Gasteiger partial charge is 0.329 e. The summed E-state index contributed by atoms with van der Waals surface area (Å²) in [5.74, 6) is 1.23. The molecule has 1 aliphatic rings. The molecule has 1 aromatic carbocycles. The largest absolute Gasteiger partial charge is 0.496 e. The van der Waals surface area contributed by atoms with E-state index in [2.05, 4.69) is 16.9 Å². The number of nitrogens with zero attached hydrogens (tertiary/aromatic N) is 2. The van der Waals surface area contributed by atoms with Gasteiger partial charge in [0.25, 0.3) is 5.91 Å². The van der Waals surface area contributed by atoms with Crippen LogP contribution in [0.5, 0.6) is 11.5 Å². The zero-order chi connectivity index (χ0) is 19.3. The summed E-state index contributed by atoms with van der Waals surface area (Å²) in [5.41, 5.74) is 1.16. The normalized spacial score (nSPS) is 17.6. The van der Waals surface area contributed by atoms with Gasteiger partial charge in [-0.1, -0.05) is 19.6 Å². The highest BCUT2D eigenvalue weighted by Gasteiger charge is 2.37. The molecule has 3 amide bonds. The summed E-state index contributed by atoms with van der Waals surface area (Å²) in [4.78, 5) is 29.2. The van der Waals surface area contributed by atoms with Crippen LogP contribution in [0.1, 0.15) is 25.8 Å². The quantitative estimate of drug-likeness (QED) is 0.462. The minimum atomic E-state index is -0.523. The van der Waals surface area contributed by atoms with Crippen molar-refractivity contribution in [2.75, 3.05) is 7.11 Å². The molecule has 1 fully saturated rings. The number of hydrogen-bond donors (Lipinski definition) is 1. The number of allylic oxidation sites excluding steroid dienone is 2. The molecule has 0 radical (unpaired) electrons. The summed E-state index contributed by atoms with van der Waals surface area (Å²) in [6, 6.07) is 4.42. The van der Waals surface area contributed by atoms with Gasteiger partial charge in [-0.15, -0.1) is 0 Å². The Balaban J connectivity index is 2.09. The zero-order valence-electron chi connectivity index (χ0n) is 15.4. The van der Waals surface area contributed by atoms with E-state index in [1.807, 2.05) is 19.9 Å². The van der Waals surface area contributed by atoms with Crippen molar-refractivity contribution < 1.29 is 19.1 Å². The Morgan fingerprint density at radius 1 is 1.42 bits per heavy atom. The van der Waals surface area contributed by atoms with Gasteiger partial charge in [-0.2, -0.15) is 0 Å². The molecule has 0 spiro atoms. The summed E-state index contributed by atoms with van der Waals surface area (Å²) in [6.07, 6.45) is 3.51. The lowest BCUT2D eigenvalue weighted by atomic mass is 10.2. The van der Waals surface area contributed by atoms with Crippen molar-refractivity contribution >= 4 is 18.2 Å². The van der Waals surface area contributed by atoms with Gasteiger partial charge in [0.1, 0.15) is 17.5 Å². The van der Waals surface area contributed by atoms with Crippen LogP contribution in [0.3, 0.4) is 0 Å². The molecule has 1 saturated heterocycles. The maximum Gasteiger partial charge on any atom is 0.329 e. The molecule has 0 bridgehead atoms. The summed E-state index contributed by atoms with van der Waals surface area (Å²) in [5, 5.41) is 2.60. The van der Waals surface area contributed by atoms with E-state index in [0.29, 0.717) is 23.8 Å². The van der Waals surface area contributed by atoms with Crippen molar-refractivity contribution in [1.82, 2.24) is 10.2 Å². The van der Waals surface area contributed by atoms with E-state index in [1.165, 1.54) is 6.21 Å². The highest BCUT2D eigenvalue weighted by Crippen LogP contribution is 2.25. The van der Waals surface area contributed by atoms with Crippen molar-refractivity contribution in [2.24, 2.45) is 4.99 Å². The van der Waals surface area contributed by atoms with Crippen LogP contribution in [0.15, 0.2) is 47.4 Å². The standard InChI is InChI=1S/C19H23N3O4/c1-6-15-18(23)22(19(24)21-15)13(4)11-20-17(7-2)26-14-9-8-12(3)16(10-14)25-5/h7-11,15H,4,6H2,1-3,5H3,(H,21,24)/b17-7+,20-11?/t15-/m1/s1. The first kappa shape index (κ1) is 19.2. The molecule has 0 aliphatic carbocycles. The number of nitrogens with one attached hydrogen (secondary N) is 1. The predicted molar refractivity (Wildman–Crippen MR) is 99.2 cm³/mol. The van der Waals surface area contributed by atoms with E-state index in [1.54, 1.807) is 32.2 Å². The van der Waals surface area contributed by atoms with Crippen LogP contribution in [0.25, 0.3) is 0 Å². The van der Waals surface area contributed by atoms with Crippen molar-refractivity contribution in [2.45, 2.75) is 33.2 Å². The zero-order valence-corrected chi connectivity index (χ0v) is 15.4. The lowest BCUT2D eigenvalue weighted by Gasteiger charge is -2.12. The summed E-state index contributed by atoms with van der Waals surface area (Å²) in [7, 11) is 1.59. The van der Waals surface area contributed by atoms with Gasteiger partial charge < -0.3 is 14.8 Å². The van der Waals surface area contributed by atoms with E-state index in [-0.39, 0.29) is 11.6 Å². The molecular formula is C19H23N3O4. The molecule has 1 aliphatic heterocycles. The third kappa shape index (κ3) is 4.11. The fourth-order valence-corrected chi connectivity index (χ4v) is 2.42. The maximum atomic E-state index is 12.2. The minimum Gasteiger partial charge on any atom is -0.496 e. The summed E-state index contributed by atoms with van der Waals surface area (Å²) >= 11 is 0. The lowest BCUT2D eigenvalue weighted by molar-refractivity contribution is -0.125. The van der Waals surface area contributed by atoms with Crippen LogP contribution in [-0.4, -0.2) is 36.2 Å². The number of carbonyl (C=O) groups is 2. The van der Waals surface area contributed by atoms with Gasteiger partial charge in [0, 0.05) is 6.07 Å². The number of aliphatic imine (C=N–C) groups is 1. The summed E-state index contributed by atoms with van der Waals surface area (Å²) in [6.45, 7) is 9.27. The van der Waals surface area contributed by atoms with Crippen LogP contribution in [0, 0.1) is 6.92 Å². The molecule has 0 unspecified atom stereocenters. The Bertz CT molecular complexity index is 783. The van der Waals surface area contributed by atoms with E-state index in [9.17, 15) is 9.59 Å². The first-order chi connectivity index (χ1) is 12.4. The first-order valence-corrected chi connectivity index (χ1v) is 8.27. The number of aryl methyl sites for hydroxylation is 1. The number of methoxy groups -OCH3 is 1. The number of benzene rings is 1. The molecule has 7 heteroatoms. The topological polar surface area (TPSA) is 80.2 Å². The van der Waals surface area contributed by atoms with Crippen LogP contribution in [0.2, 0.25) is 0 Å². The number of ether oxygens (including phenoxy) is 2. The van der Waals surface area contributed by atoms with Crippen LogP contribution in [-0.2, 0) is 4.79 Å². The fourth-order valence-electron chi connectivity index (χ4n) is 2.42. The molecule has 7 nitrogen and oxygen atoms in total. The molecule has 1 atom stereocenters. The second-order valence-corrected chi connectivity index (χ2v) is 5.69. The Labute approximate surface area is 153 Å². The number of imide groups is 1. The molecule has 1 N–H and O–H groups in total. The van der Waals surface area contributed by atoms with Gasteiger partial charge in [0.2, 0.25) is 5.88 Å². The molecule has 0 aromatic heterocycles. The van der Waals surface area contributed by atoms with E-state index in [4.69, 9.17) is 9.47 Å². The maximum absolute atomic E-state index is 12.2. The van der Waals surface area contributed by atoms with Gasteiger partial charge in [-0.05, 0) is 38.0 Å². The first-order valence-electron chi connectivity index (χ1n) is 8.27. The second-order valence-electron chi connectivity index (χ2n) is 5.69. The Morgan fingerprint density at radius 3 is 2.73 bits per heavy atom. The van der Waals surface area contributed by atoms with Crippen molar-refractivity contribution in [1.29, 1.82) is 0 Å². The van der Waals surface area contributed by atoms with Crippen molar-refractivity contribution in [3.8, 4) is 11.5 Å². The van der Waals surface area contributed by atoms with Crippen molar-refractivity contribution in [3.63, 3.8) is 0 Å². The van der Waals surface area contributed by atoms with E-state index in [0.717, 1.165) is 10.5 Å². The minimum absolute atomic E-state index is 0.174. The van der Waals surface area contributed by atoms with Gasteiger partial charge in [-0.3, -0.25) is 4.79 Å². The SMILES string of the molecule is C=C(C=N/C(=C\C)Oc1ccc(C)c(OC)c1)N1C(=O)N[C@H](CC)C1=O. The average Bonchev–Trinajstić information content (AvgIpc) is 2.93. The van der Waals surface area contributed by atoms with E-state index >= 15 is 0 Å². The molecule has 1 aromatic rings. The number of amides is 3. The molecule has 1 heterocycles. The predicted octanol–water partition coefficient (Wildman–Crippen LogP) is 3.16. The second kappa shape index (κ2) is 8.33. The third-order valence-electron chi connectivity index (χ3n) is 3.90. The monoisotopic (exact) mass is 357 g/mol. The average molecular weight is 357 g/mol. The molecule has 26 heavy (non-hydrogen) atoms. The highest BCUT2D eigenvalue weighted by molar-refractivity contribution is 6.09. The number of urea groups is 1. The van der Waals surface area contributed by atoms with Crippen LogP contribution in [0.4, 0.5) is 4.79 Å². The van der Waals surface area contributed by atoms with Crippen LogP contribution < -0.4 is 14.8 Å². The molecule has 2 rings (SSSR count). The van der Waals surface area contributed by atoms with Gasteiger partial charge in [-0.25, -0.2) is 14.7 Å². The molecular weight excluding hydrogens is 334 g/mol. The van der Waals surface area contributed by atoms with Gasteiger partial charge >= 0.3 is 6.03 Å².